The second kappa shape index (κ2) is 9.31. The highest BCUT2D eigenvalue weighted by molar-refractivity contribution is 5.94. The molecule has 0 saturated carbocycles. The molecule has 0 fully saturated rings. The number of aromatic nitrogens is 1. The number of nitrogens with two attached hydrogens (primary N) is 1. The minimum absolute atomic E-state index is 0.129. The summed E-state index contributed by atoms with van der Waals surface area (Å²) in [7, 11) is 0. The molecule has 3 N–H and O–H groups in total. The summed E-state index contributed by atoms with van der Waals surface area (Å²) in [6.45, 7) is 5.97. The number of carbonyl (C=O) groups excluding carboxylic acids is 1. The average molecular weight is 279 g/mol. The molecule has 5 nitrogen and oxygen atoms in total. The van der Waals surface area contributed by atoms with Crippen LogP contribution in [-0.4, -0.2) is 30.6 Å². The van der Waals surface area contributed by atoms with E-state index in [1.54, 1.807) is 12.1 Å². The Balaban J connectivity index is 2.42. The minimum atomic E-state index is -0.129. The fourth-order valence-electron chi connectivity index (χ4n) is 1.81. The average Bonchev–Trinajstić information content (AvgIpc) is 2.42. The molecule has 5 heteroatoms. The maximum atomic E-state index is 12.0. The van der Waals surface area contributed by atoms with Crippen molar-refractivity contribution in [3.63, 3.8) is 0 Å². The second-order valence-corrected chi connectivity index (χ2v) is 4.74. The molecule has 1 amide bonds. The molecular formula is C15H25N3O2. The van der Waals surface area contributed by atoms with Gasteiger partial charge in [-0.3, -0.25) is 4.79 Å². The van der Waals surface area contributed by atoms with Crippen molar-refractivity contribution in [2.75, 3.05) is 25.5 Å². The van der Waals surface area contributed by atoms with Gasteiger partial charge in [0.2, 0.25) is 0 Å². The van der Waals surface area contributed by atoms with Gasteiger partial charge in [-0.2, -0.15) is 0 Å². The van der Waals surface area contributed by atoms with Crippen molar-refractivity contribution in [1.29, 1.82) is 0 Å². The number of ether oxygens (including phenoxy) is 1. The summed E-state index contributed by atoms with van der Waals surface area (Å²) in [4.78, 5) is 16.2. The van der Waals surface area contributed by atoms with Gasteiger partial charge >= 0.3 is 0 Å². The van der Waals surface area contributed by atoms with E-state index in [0.717, 1.165) is 38.0 Å². The number of rotatable bonds is 9. The Bertz CT molecular complexity index is 422. The first-order chi connectivity index (χ1) is 9.67. The number of unbranched alkanes of at least 4 members (excludes halogenated alkanes) is 1. The molecule has 0 aromatic carbocycles. The minimum Gasteiger partial charge on any atom is -0.384 e. The first-order valence-corrected chi connectivity index (χ1v) is 7.29. The van der Waals surface area contributed by atoms with E-state index in [4.69, 9.17) is 10.5 Å². The van der Waals surface area contributed by atoms with Gasteiger partial charge in [-0.25, -0.2) is 4.98 Å². The molecule has 0 saturated heterocycles. The van der Waals surface area contributed by atoms with Gasteiger partial charge in [-0.1, -0.05) is 26.7 Å². The van der Waals surface area contributed by atoms with E-state index >= 15 is 0 Å². The first-order valence-electron chi connectivity index (χ1n) is 7.29. The van der Waals surface area contributed by atoms with Crippen LogP contribution in [0, 0.1) is 0 Å². The zero-order valence-corrected chi connectivity index (χ0v) is 12.4. The van der Waals surface area contributed by atoms with Gasteiger partial charge in [0.05, 0.1) is 6.61 Å². The van der Waals surface area contributed by atoms with E-state index in [9.17, 15) is 4.79 Å². The maximum Gasteiger partial charge on any atom is 0.251 e. The van der Waals surface area contributed by atoms with Crippen LogP contribution in [0.2, 0.25) is 0 Å². The van der Waals surface area contributed by atoms with Crippen molar-refractivity contribution in [2.45, 2.75) is 39.5 Å². The summed E-state index contributed by atoms with van der Waals surface area (Å²) in [6, 6.07) is 3.40. The number of anilines is 1. The third kappa shape index (κ3) is 6.02. The summed E-state index contributed by atoms with van der Waals surface area (Å²) >= 11 is 0. The smallest absolute Gasteiger partial charge is 0.251 e. The number of amides is 1. The quantitative estimate of drug-likeness (QED) is 0.679. The molecule has 20 heavy (non-hydrogen) atoms. The number of nitrogens with zero attached hydrogens (tertiary/aromatic N) is 1. The van der Waals surface area contributed by atoms with Crippen LogP contribution in [0.15, 0.2) is 12.1 Å². The molecule has 0 aliphatic rings. The topological polar surface area (TPSA) is 77.2 Å². The van der Waals surface area contributed by atoms with Crippen molar-refractivity contribution in [2.24, 2.45) is 0 Å². The Morgan fingerprint density at radius 2 is 2.10 bits per heavy atom. The summed E-state index contributed by atoms with van der Waals surface area (Å²) < 4.78 is 5.39. The number of pyridine rings is 1. The Kier molecular flexibility index (Phi) is 7.65. The number of nitrogen functional groups attached to an aromatic ring is 1. The van der Waals surface area contributed by atoms with Crippen LogP contribution >= 0.6 is 0 Å². The highest BCUT2D eigenvalue weighted by atomic mass is 16.5. The molecule has 1 heterocycles. The number of hydrogen-bond acceptors (Lipinski definition) is 4. The molecule has 1 aromatic heterocycles. The van der Waals surface area contributed by atoms with Crippen LogP contribution in [-0.2, 0) is 11.2 Å². The number of carbonyl (C=O) groups is 1. The van der Waals surface area contributed by atoms with Gasteiger partial charge < -0.3 is 15.8 Å². The Morgan fingerprint density at radius 1 is 1.30 bits per heavy atom. The summed E-state index contributed by atoms with van der Waals surface area (Å²) in [6.07, 6.45) is 3.96. The molecule has 0 bridgehead atoms. The number of hydrogen-bond donors (Lipinski definition) is 2. The molecule has 0 radical (unpaired) electrons. The van der Waals surface area contributed by atoms with Crippen molar-refractivity contribution in [3.8, 4) is 0 Å². The number of aryl methyl sites for hydroxylation is 1. The predicted molar refractivity (Wildman–Crippen MR) is 80.7 cm³/mol. The molecule has 1 aromatic rings. The van der Waals surface area contributed by atoms with Crippen LogP contribution in [0.1, 0.15) is 49.2 Å². The van der Waals surface area contributed by atoms with Gasteiger partial charge in [0.1, 0.15) is 5.82 Å². The fourth-order valence-corrected chi connectivity index (χ4v) is 1.81. The van der Waals surface area contributed by atoms with E-state index in [1.165, 1.54) is 0 Å². The van der Waals surface area contributed by atoms with Gasteiger partial charge in [0.15, 0.2) is 0 Å². The summed E-state index contributed by atoms with van der Waals surface area (Å²) in [5, 5.41) is 2.83. The Hall–Kier alpha value is -1.62. The molecular weight excluding hydrogens is 254 g/mol. The Labute approximate surface area is 120 Å². The molecule has 0 aliphatic carbocycles. The van der Waals surface area contributed by atoms with E-state index in [1.807, 2.05) is 0 Å². The Morgan fingerprint density at radius 3 is 2.80 bits per heavy atom. The van der Waals surface area contributed by atoms with Crippen LogP contribution in [0.5, 0.6) is 0 Å². The van der Waals surface area contributed by atoms with Crippen LogP contribution in [0.4, 0.5) is 5.82 Å². The highest BCUT2D eigenvalue weighted by Crippen LogP contribution is 2.09. The zero-order chi connectivity index (χ0) is 14.8. The van der Waals surface area contributed by atoms with Crippen molar-refractivity contribution >= 4 is 11.7 Å². The maximum absolute atomic E-state index is 12.0. The lowest BCUT2D eigenvalue weighted by molar-refractivity contribution is 0.0912. The van der Waals surface area contributed by atoms with Crippen molar-refractivity contribution in [3.05, 3.63) is 23.4 Å². The summed E-state index contributed by atoms with van der Waals surface area (Å²) in [5.74, 6) is 0.260. The molecule has 0 aliphatic heterocycles. The van der Waals surface area contributed by atoms with Crippen molar-refractivity contribution in [1.82, 2.24) is 10.3 Å². The van der Waals surface area contributed by atoms with Gasteiger partial charge in [0, 0.05) is 24.4 Å². The molecule has 1 rings (SSSR count). The molecule has 112 valence electrons. The van der Waals surface area contributed by atoms with Crippen molar-refractivity contribution < 1.29 is 9.53 Å². The van der Waals surface area contributed by atoms with Crippen LogP contribution in [0.3, 0.4) is 0 Å². The second-order valence-electron chi connectivity index (χ2n) is 4.74. The predicted octanol–water partition coefficient (Wildman–Crippen LogP) is 2.16. The first kappa shape index (κ1) is 16.4. The van der Waals surface area contributed by atoms with Crippen LogP contribution in [0.25, 0.3) is 0 Å². The van der Waals surface area contributed by atoms with E-state index in [2.05, 4.69) is 24.1 Å². The molecule has 0 atom stereocenters. The normalized spacial score (nSPS) is 10.5. The number of nitrogens with one attached hydrogen (secondary N) is 1. The highest BCUT2D eigenvalue weighted by Gasteiger charge is 2.08. The van der Waals surface area contributed by atoms with Crippen LogP contribution < -0.4 is 11.1 Å². The third-order valence-corrected chi connectivity index (χ3v) is 2.84. The zero-order valence-electron chi connectivity index (χ0n) is 12.4. The van der Waals surface area contributed by atoms with Gasteiger partial charge in [-0.15, -0.1) is 0 Å². The standard InChI is InChI=1S/C15H25N3O2/c1-3-5-8-20-9-7-17-15(19)12-10-13(6-4-2)18-14(16)11-12/h10-11H,3-9H2,1-2H3,(H2,16,18)(H,17,19). The fraction of sp³-hybridized carbons (Fsp3) is 0.600. The lowest BCUT2D eigenvalue weighted by Crippen LogP contribution is -2.27. The molecule has 0 spiro atoms. The lowest BCUT2D eigenvalue weighted by atomic mass is 10.1. The third-order valence-electron chi connectivity index (χ3n) is 2.84. The van der Waals surface area contributed by atoms with E-state index in [0.29, 0.717) is 24.5 Å². The van der Waals surface area contributed by atoms with Gasteiger partial charge in [0.25, 0.3) is 5.91 Å². The molecule has 0 unspecified atom stereocenters. The monoisotopic (exact) mass is 279 g/mol. The largest absolute Gasteiger partial charge is 0.384 e. The van der Waals surface area contributed by atoms with E-state index < -0.39 is 0 Å². The SMILES string of the molecule is CCCCOCCNC(=O)c1cc(N)nc(CCC)c1. The van der Waals surface area contributed by atoms with Gasteiger partial charge in [-0.05, 0) is 25.0 Å². The van der Waals surface area contributed by atoms with E-state index in [-0.39, 0.29) is 5.91 Å². The summed E-state index contributed by atoms with van der Waals surface area (Å²) in [5.41, 5.74) is 7.14. The lowest BCUT2D eigenvalue weighted by Gasteiger charge is -2.08.